The second kappa shape index (κ2) is 7.61. The first-order valence-electron chi connectivity index (χ1n) is 10.3. The minimum atomic E-state index is -4.58. The number of halogens is 3. The standard InChI is InChI=1S/C24H19F3N2O4/c25-24(26,27)16-7-4-8-17(11-16)29-21(30)19-15-9-10-18(20(19)22(29)31)28(12-15)23(32)33-13-14-5-2-1-3-6-14/h1-11,15,18,30-31H,12-13H2. The third kappa shape index (κ3) is 3.49. The SMILES string of the molecule is O=C(OCc1ccccc1)N1CC2C=CC1c1c2c(O)n(-c2cccc(C(F)(F)F)c2)c1O. The number of carbonyl (C=O) groups excluding carboxylic acids is 1. The molecule has 1 aromatic heterocycles. The van der Waals surface area contributed by atoms with Crippen LogP contribution in [-0.4, -0.2) is 32.3 Å². The van der Waals surface area contributed by atoms with Gasteiger partial charge in [-0.2, -0.15) is 13.2 Å². The predicted octanol–water partition coefficient (Wildman–Crippen LogP) is 5.25. The Balaban J connectivity index is 1.47. The topological polar surface area (TPSA) is 74.9 Å². The van der Waals surface area contributed by atoms with Crippen molar-refractivity contribution < 1.29 is 32.9 Å². The predicted molar refractivity (Wildman–Crippen MR) is 112 cm³/mol. The van der Waals surface area contributed by atoms with E-state index < -0.39 is 35.7 Å². The van der Waals surface area contributed by atoms with Crippen LogP contribution in [0.4, 0.5) is 18.0 Å². The van der Waals surface area contributed by atoms with Crippen LogP contribution in [0.25, 0.3) is 5.69 Å². The fourth-order valence-electron chi connectivity index (χ4n) is 4.46. The van der Waals surface area contributed by atoms with E-state index in [0.717, 1.165) is 22.3 Å². The Morgan fingerprint density at radius 3 is 2.45 bits per heavy atom. The van der Waals surface area contributed by atoms with Gasteiger partial charge in [0.1, 0.15) is 6.61 Å². The number of amides is 1. The van der Waals surface area contributed by atoms with Crippen molar-refractivity contribution in [3.63, 3.8) is 0 Å². The molecule has 2 atom stereocenters. The van der Waals surface area contributed by atoms with Crippen molar-refractivity contribution >= 4 is 6.09 Å². The summed E-state index contributed by atoms with van der Waals surface area (Å²) in [6.45, 7) is 0.286. The maximum atomic E-state index is 13.2. The van der Waals surface area contributed by atoms with Gasteiger partial charge in [0.25, 0.3) is 0 Å². The second-order valence-electron chi connectivity index (χ2n) is 7.99. The first kappa shape index (κ1) is 21.0. The monoisotopic (exact) mass is 456 g/mol. The summed E-state index contributed by atoms with van der Waals surface area (Å²) >= 11 is 0. The lowest BCUT2D eigenvalue weighted by Gasteiger charge is -2.40. The van der Waals surface area contributed by atoms with Crippen molar-refractivity contribution in [3.8, 4) is 17.4 Å². The van der Waals surface area contributed by atoms with E-state index in [2.05, 4.69) is 0 Å². The van der Waals surface area contributed by atoms with Gasteiger partial charge in [0.2, 0.25) is 11.8 Å². The van der Waals surface area contributed by atoms with E-state index in [1.165, 1.54) is 17.0 Å². The van der Waals surface area contributed by atoms with E-state index in [-0.39, 0.29) is 30.3 Å². The summed E-state index contributed by atoms with van der Waals surface area (Å²) in [5.74, 6) is -1.20. The van der Waals surface area contributed by atoms with Crippen molar-refractivity contribution in [2.24, 2.45) is 0 Å². The normalized spacial score (nSPS) is 18.9. The summed E-state index contributed by atoms with van der Waals surface area (Å²) in [7, 11) is 0. The molecule has 3 aliphatic rings. The van der Waals surface area contributed by atoms with Gasteiger partial charge in [-0.25, -0.2) is 4.79 Å². The Morgan fingerprint density at radius 1 is 1.00 bits per heavy atom. The number of benzene rings is 2. The first-order valence-corrected chi connectivity index (χ1v) is 10.3. The molecule has 2 N–H and O–H groups in total. The van der Waals surface area contributed by atoms with Crippen LogP contribution in [0.2, 0.25) is 0 Å². The van der Waals surface area contributed by atoms with Crippen LogP contribution in [0, 0.1) is 0 Å². The molecule has 2 unspecified atom stereocenters. The minimum absolute atomic E-state index is 0.0353. The highest BCUT2D eigenvalue weighted by Crippen LogP contribution is 2.52. The summed E-state index contributed by atoms with van der Waals surface area (Å²) in [6.07, 6.45) is -1.64. The molecule has 0 saturated carbocycles. The minimum Gasteiger partial charge on any atom is -0.494 e. The lowest BCUT2D eigenvalue weighted by molar-refractivity contribution is -0.137. The number of rotatable bonds is 3. The van der Waals surface area contributed by atoms with Crippen molar-refractivity contribution in [2.45, 2.75) is 24.7 Å². The highest BCUT2D eigenvalue weighted by molar-refractivity contribution is 5.72. The number of aromatic nitrogens is 1. The first-order chi connectivity index (χ1) is 15.8. The number of carbonyl (C=O) groups is 1. The van der Waals surface area contributed by atoms with Gasteiger partial charge in [-0.1, -0.05) is 48.6 Å². The zero-order valence-corrected chi connectivity index (χ0v) is 17.2. The molecule has 0 spiro atoms. The third-order valence-electron chi connectivity index (χ3n) is 5.99. The lowest BCUT2D eigenvalue weighted by atomic mass is 9.82. The molecule has 6 rings (SSSR count). The Morgan fingerprint density at radius 2 is 1.73 bits per heavy atom. The molecule has 2 bridgehead atoms. The number of alkyl halides is 3. The lowest BCUT2D eigenvalue weighted by Crippen LogP contribution is -2.43. The molecule has 0 fully saturated rings. The molecule has 1 amide bonds. The molecule has 3 heterocycles. The highest BCUT2D eigenvalue weighted by Gasteiger charge is 2.44. The molecule has 170 valence electrons. The van der Waals surface area contributed by atoms with Gasteiger partial charge < -0.3 is 14.9 Å². The molecule has 2 aliphatic heterocycles. The van der Waals surface area contributed by atoms with Gasteiger partial charge in [-0.05, 0) is 23.8 Å². The number of ether oxygens (including phenoxy) is 1. The Labute approximate surface area is 186 Å². The Kier molecular flexibility index (Phi) is 4.84. The average molecular weight is 456 g/mol. The van der Waals surface area contributed by atoms with Crippen molar-refractivity contribution in [3.05, 3.63) is 89.0 Å². The molecule has 33 heavy (non-hydrogen) atoms. The van der Waals surface area contributed by atoms with E-state index in [0.29, 0.717) is 5.56 Å². The zero-order chi connectivity index (χ0) is 23.3. The van der Waals surface area contributed by atoms with Gasteiger partial charge in [0, 0.05) is 23.6 Å². The molecule has 1 aliphatic carbocycles. The molecule has 0 radical (unpaired) electrons. The number of fused-ring (bicyclic) bond motifs is 1. The molecule has 6 nitrogen and oxygen atoms in total. The maximum Gasteiger partial charge on any atom is 0.416 e. The Hall–Kier alpha value is -3.88. The van der Waals surface area contributed by atoms with Gasteiger partial charge >= 0.3 is 12.3 Å². The van der Waals surface area contributed by atoms with E-state index >= 15 is 0 Å². The van der Waals surface area contributed by atoms with E-state index in [1.807, 2.05) is 36.4 Å². The van der Waals surface area contributed by atoms with Gasteiger partial charge in [-0.15, -0.1) is 0 Å². The summed E-state index contributed by atoms with van der Waals surface area (Å²) in [5.41, 5.74) is 0.551. The maximum absolute atomic E-state index is 13.2. The molecular weight excluding hydrogens is 437 g/mol. The van der Waals surface area contributed by atoms with Crippen molar-refractivity contribution in [1.82, 2.24) is 9.47 Å². The van der Waals surface area contributed by atoms with Crippen LogP contribution in [0.15, 0.2) is 66.7 Å². The number of aromatic hydroxyl groups is 2. The van der Waals surface area contributed by atoms with E-state index in [4.69, 9.17) is 4.74 Å². The van der Waals surface area contributed by atoms with Crippen molar-refractivity contribution in [2.75, 3.05) is 6.54 Å². The zero-order valence-electron chi connectivity index (χ0n) is 17.2. The highest BCUT2D eigenvalue weighted by atomic mass is 19.4. The summed E-state index contributed by atoms with van der Waals surface area (Å²) in [6, 6.07) is 12.8. The largest absolute Gasteiger partial charge is 0.494 e. The molecule has 3 aromatic rings. The molecular formula is C24H19F3N2O4. The van der Waals surface area contributed by atoms with Crippen LogP contribution < -0.4 is 0 Å². The fraction of sp³-hybridized carbons (Fsp3) is 0.208. The number of hydrogen-bond donors (Lipinski definition) is 2. The molecule has 2 aromatic carbocycles. The Bertz CT molecular complexity index is 1250. The fourth-order valence-corrected chi connectivity index (χ4v) is 4.46. The van der Waals surface area contributed by atoms with Crippen molar-refractivity contribution in [1.29, 1.82) is 0 Å². The summed E-state index contributed by atoms with van der Waals surface area (Å²) in [5, 5.41) is 21.8. The molecule has 9 heteroatoms. The van der Waals surface area contributed by atoms with Gasteiger partial charge in [0.15, 0.2) is 0 Å². The van der Waals surface area contributed by atoms with E-state index in [9.17, 15) is 28.2 Å². The molecule has 0 saturated heterocycles. The smallest absolute Gasteiger partial charge is 0.416 e. The summed E-state index contributed by atoms with van der Waals surface area (Å²) in [4.78, 5) is 14.2. The van der Waals surface area contributed by atoms with Gasteiger partial charge in [-0.3, -0.25) is 9.47 Å². The van der Waals surface area contributed by atoms with Crippen LogP contribution in [0.5, 0.6) is 11.8 Å². The quantitative estimate of drug-likeness (QED) is 0.528. The number of nitrogens with zero attached hydrogens (tertiary/aromatic N) is 2. The van der Waals surface area contributed by atoms with Crippen LogP contribution in [0.3, 0.4) is 0 Å². The van der Waals surface area contributed by atoms with Crippen LogP contribution in [0.1, 0.15) is 34.2 Å². The third-order valence-corrected chi connectivity index (χ3v) is 5.99. The summed E-state index contributed by atoms with van der Waals surface area (Å²) < 4.78 is 45.9. The average Bonchev–Trinajstić information content (AvgIpc) is 3.10. The van der Waals surface area contributed by atoms with Crippen LogP contribution in [-0.2, 0) is 17.5 Å². The second-order valence-corrected chi connectivity index (χ2v) is 7.99. The van der Waals surface area contributed by atoms with E-state index in [1.54, 1.807) is 6.08 Å². The van der Waals surface area contributed by atoms with Crippen LogP contribution >= 0.6 is 0 Å². The number of hydrogen-bond acceptors (Lipinski definition) is 4. The van der Waals surface area contributed by atoms with Gasteiger partial charge in [0.05, 0.1) is 17.3 Å².